The van der Waals surface area contributed by atoms with Crippen molar-refractivity contribution in [2.24, 2.45) is 0 Å². The molecular weight excluding hydrogens is 286 g/mol. The Bertz CT molecular complexity index is 819. The molecule has 0 aliphatic heterocycles. The third-order valence-electron chi connectivity index (χ3n) is 3.94. The molecule has 0 spiro atoms. The van der Waals surface area contributed by atoms with Crippen LogP contribution in [-0.4, -0.2) is 12.9 Å². The van der Waals surface area contributed by atoms with Crippen LogP contribution >= 0.6 is 0 Å². The largest absolute Gasteiger partial charge is 0.497 e. The predicted octanol–water partition coefficient (Wildman–Crippen LogP) is 4.59. The summed E-state index contributed by atoms with van der Waals surface area (Å²) in [6.45, 7) is 1.61. The fourth-order valence-corrected chi connectivity index (χ4v) is 2.75. The van der Waals surface area contributed by atoms with Crippen molar-refractivity contribution >= 4 is 22.2 Å². The number of anilines is 1. The quantitative estimate of drug-likeness (QED) is 0.749. The molecule has 0 saturated carbocycles. The lowest BCUT2D eigenvalue weighted by atomic mass is 9.96. The van der Waals surface area contributed by atoms with E-state index in [1.807, 2.05) is 48.5 Å². The van der Waals surface area contributed by atoms with Crippen molar-refractivity contribution in [1.82, 2.24) is 0 Å². The normalized spacial score (nSPS) is 11.9. The van der Waals surface area contributed by atoms with Gasteiger partial charge in [0.15, 0.2) is 5.78 Å². The molecule has 0 aromatic heterocycles. The Hall–Kier alpha value is -2.81. The SMILES string of the molecule is COc1ccc(NC(C(C)=O)c2cccc3ccccc23)cc1. The van der Waals surface area contributed by atoms with Crippen LogP contribution in [0.2, 0.25) is 0 Å². The van der Waals surface area contributed by atoms with E-state index in [0.29, 0.717) is 0 Å². The van der Waals surface area contributed by atoms with Gasteiger partial charge in [-0.2, -0.15) is 0 Å². The molecule has 0 aliphatic carbocycles. The van der Waals surface area contributed by atoms with Crippen molar-refractivity contribution in [3.63, 3.8) is 0 Å². The van der Waals surface area contributed by atoms with Crippen LogP contribution in [0.4, 0.5) is 5.69 Å². The van der Waals surface area contributed by atoms with E-state index >= 15 is 0 Å². The number of ether oxygens (including phenoxy) is 1. The molecule has 23 heavy (non-hydrogen) atoms. The Labute approximate surface area is 135 Å². The van der Waals surface area contributed by atoms with Crippen molar-refractivity contribution in [2.75, 3.05) is 12.4 Å². The summed E-state index contributed by atoms with van der Waals surface area (Å²) < 4.78 is 5.17. The Morgan fingerprint density at radius 3 is 2.35 bits per heavy atom. The Balaban J connectivity index is 1.99. The second-order valence-electron chi connectivity index (χ2n) is 5.48. The molecule has 0 aliphatic rings. The topological polar surface area (TPSA) is 38.3 Å². The molecule has 3 nitrogen and oxygen atoms in total. The molecule has 0 saturated heterocycles. The zero-order valence-electron chi connectivity index (χ0n) is 13.2. The molecule has 3 rings (SSSR count). The molecule has 0 heterocycles. The highest BCUT2D eigenvalue weighted by molar-refractivity contribution is 5.94. The first kappa shape index (κ1) is 15.1. The summed E-state index contributed by atoms with van der Waals surface area (Å²) in [6, 6.07) is 21.4. The number of hydrogen-bond donors (Lipinski definition) is 1. The predicted molar refractivity (Wildman–Crippen MR) is 94.0 cm³/mol. The zero-order valence-corrected chi connectivity index (χ0v) is 13.2. The molecule has 3 aromatic carbocycles. The average molecular weight is 305 g/mol. The maximum absolute atomic E-state index is 12.2. The standard InChI is InChI=1S/C20H19NO2/c1-14(22)20(21-16-10-12-17(23-2)13-11-16)19-9-5-7-15-6-3-4-8-18(15)19/h3-13,20-21H,1-2H3. The number of nitrogens with one attached hydrogen (secondary N) is 1. The van der Waals surface area contributed by atoms with Gasteiger partial charge in [-0.3, -0.25) is 4.79 Å². The number of carbonyl (C=O) groups excluding carboxylic acids is 1. The zero-order chi connectivity index (χ0) is 16.2. The fourth-order valence-electron chi connectivity index (χ4n) is 2.75. The Morgan fingerprint density at radius 2 is 1.65 bits per heavy atom. The second kappa shape index (κ2) is 6.53. The monoisotopic (exact) mass is 305 g/mol. The number of rotatable bonds is 5. The molecule has 3 aromatic rings. The average Bonchev–Trinajstić information content (AvgIpc) is 2.59. The van der Waals surface area contributed by atoms with Gasteiger partial charge in [0.05, 0.1) is 7.11 Å². The minimum atomic E-state index is -0.380. The maximum atomic E-state index is 12.2. The second-order valence-corrected chi connectivity index (χ2v) is 5.48. The molecule has 0 bridgehead atoms. The minimum absolute atomic E-state index is 0.0807. The van der Waals surface area contributed by atoms with Crippen LogP contribution in [0.5, 0.6) is 5.75 Å². The highest BCUT2D eigenvalue weighted by atomic mass is 16.5. The number of methoxy groups -OCH3 is 1. The number of ketones is 1. The lowest BCUT2D eigenvalue weighted by molar-refractivity contribution is -0.117. The number of Topliss-reactive ketones (excluding diaryl/α,β-unsaturated/α-hetero) is 1. The minimum Gasteiger partial charge on any atom is -0.497 e. The van der Waals surface area contributed by atoms with Gasteiger partial charge in [0.25, 0.3) is 0 Å². The van der Waals surface area contributed by atoms with Crippen molar-refractivity contribution in [3.05, 3.63) is 72.3 Å². The van der Waals surface area contributed by atoms with Gasteiger partial charge in [0, 0.05) is 5.69 Å². The van der Waals surface area contributed by atoms with Crippen LogP contribution in [0.15, 0.2) is 66.7 Å². The summed E-state index contributed by atoms with van der Waals surface area (Å²) in [4.78, 5) is 12.2. The summed E-state index contributed by atoms with van der Waals surface area (Å²) in [5.41, 5.74) is 1.88. The van der Waals surface area contributed by atoms with Gasteiger partial charge in [-0.05, 0) is 47.5 Å². The number of carbonyl (C=O) groups is 1. The summed E-state index contributed by atoms with van der Waals surface area (Å²) in [5, 5.41) is 5.56. The van der Waals surface area contributed by atoms with Gasteiger partial charge in [0.2, 0.25) is 0 Å². The van der Waals surface area contributed by atoms with Crippen LogP contribution in [0.1, 0.15) is 18.5 Å². The lowest BCUT2D eigenvalue weighted by Gasteiger charge is -2.19. The molecule has 0 amide bonds. The van der Waals surface area contributed by atoms with Crippen molar-refractivity contribution < 1.29 is 9.53 Å². The van der Waals surface area contributed by atoms with E-state index in [9.17, 15) is 4.79 Å². The molecule has 1 N–H and O–H groups in total. The molecule has 0 fully saturated rings. The smallest absolute Gasteiger partial charge is 0.156 e. The molecule has 0 radical (unpaired) electrons. The first-order valence-electron chi connectivity index (χ1n) is 7.58. The summed E-state index contributed by atoms with van der Waals surface area (Å²) in [5.74, 6) is 0.872. The Morgan fingerprint density at radius 1 is 0.957 bits per heavy atom. The van der Waals surface area contributed by atoms with Crippen LogP contribution < -0.4 is 10.1 Å². The first-order valence-corrected chi connectivity index (χ1v) is 7.58. The number of fused-ring (bicyclic) bond motifs is 1. The van der Waals surface area contributed by atoms with Gasteiger partial charge < -0.3 is 10.1 Å². The van der Waals surface area contributed by atoms with Gasteiger partial charge in [-0.25, -0.2) is 0 Å². The third-order valence-corrected chi connectivity index (χ3v) is 3.94. The lowest BCUT2D eigenvalue weighted by Crippen LogP contribution is -2.18. The van der Waals surface area contributed by atoms with Crippen molar-refractivity contribution in [1.29, 1.82) is 0 Å². The van der Waals surface area contributed by atoms with Crippen molar-refractivity contribution in [3.8, 4) is 5.75 Å². The molecule has 116 valence electrons. The first-order chi connectivity index (χ1) is 11.2. The molecular formula is C20H19NO2. The van der Waals surface area contributed by atoms with E-state index in [4.69, 9.17) is 4.74 Å². The van der Waals surface area contributed by atoms with Crippen LogP contribution in [0.3, 0.4) is 0 Å². The summed E-state index contributed by atoms with van der Waals surface area (Å²) in [6.07, 6.45) is 0. The van der Waals surface area contributed by atoms with E-state index < -0.39 is 0 Å². The Kier molecular flexibility index (Phi) is 4.29. The van der Waals surface area contributed by atoms with Crippen molar-refractivity contribution in [2.45, 2.75) is 13.0 Å². The third kappa shape index (κ3) is 3.19. The summed E-state index contributed by atoms with van der Waals surface area (Å²) in [7, 11) is 1.64. The molecule has 1 atom stereocenters. The van der Waals surface area contributed by atoms with E-state index in [-0.39, 0.29) is 11.8 Å². The van der Waals surface area contributed by atoms with Crippen LogP contribution in [0.25, 0.3) is 10.8 Å². The molecule has 1 unspecified atom stereocenters. The van der Waals surface area contributed by atoms with E-state index in [1.165, 1.54) is 0 Å². The fraction of sp³-hybridized carbons (Fsp3) is 0.150. The van der Waals surface area contributed by atoms with E-state index in [2.05, 4.69) is 23.5 Å². The molecule has 3 heteroatoms. The highest BCUT2D eigenvalue weighted by Gasteiger charge is 2.18. The maximum Gasteiger partial charge on any atom is 0.156 e. The van der Waals surface area contributed by atoms with Crippen LogP contribution in [0, 0.1) is 0 Å². The van der Waals surface area contributed by atoms with Gasteiger partial charge in [-0.15, -0.1) is 0 Å². The van der Waals surface area contributed by atoms with Crippen LogP contribution in [-0.2, 0) is 4.79 Å². The van der Waals surface area contributed by atoms with Gasteiger partial charge in [0.1, 0.15) is 11.8 Å². The number of benzene rings is 3. The highest BCUT2D eigenvalue weighted by Crippen LogP contribution is 2.28. The number of hydrogen-bond acceptors (Lipinski definition) is 3. The van der Waals surface area contributed by atoms with Gasteiger partial charge in [-0.1, -0.05) is 42.5 Å². The van der Waals surface area contributed by atoms with Gasteiger partial charge >= 0.3 is 0 Å². The van der Waals surface area contributed by atoms with E-state index in [1.54, 1.807) is 14.0 Å². The van der Waals surface area contributed by atoms with E-state index in [0.717, 1.165) is 27.8 Å². The summed E-state index contributed by atoms with van der Waals surface area (Å²) >= 11 is 0.